The SMILES string of the molecule is CCc1ccc(S(=O)(=O)C2CNCCO2)cc1. The number of aryl methyl sites for hydroxylation is 1. The lowest BCUT2D eigenvalue weighted by atomic mass is 10.2. The number of benzene rings is 1. The Kier molecular flexibility index (Phi) is 3.81. The molecule has 0 radical (unpaired) electrons. The van der Waals surface area contributed by atoms with Crippen molar-refractivity contribution in [2.45, 2.75) is 23.7 Å². The Labute approximate surface area is 102 Å². The summed E-state index contributed by atoms with van der Waals surface area (Å²) in [5.41, 5.74) is 0.371. The monoisotopic (exact) mass is 255 g/mol. The van der Waals surface area contributed by atoms with Crippen LogP contribution in [0.4, 0.5) is 0 Å². The number of nitrogens with one attached hydrogen (secondary N) is 1. The van der Waals surface area contributed by atoms with Gasteiger partial charge in [-0.15, -0.1) is 0 Å². The minimum atomic E-state index is -3.37. The van der Waals surface area contributed by atoms with Crippen molar-refractivity contribution in [3.8, 4) is 0 Å². The normalized spacial score (nSPS) is 21.4. The molecule has 1 N–H and O–H groups in total. The molecule has 1 aromatic rings. The summed E-state index contributed by atoms with van der Waals surface area (Å²) in [6.45, 7) is 3.55. The second kappa shape index (κ2) is 5.16. The van der Waals surface area contributed by atoms with Crippen molar-refractivity contribution >= 4 is 9.84 Å². The topological polar surface area (TPSA) is 55.4 Å². The number of rotatable bonds is 3. The van der Waals surface area contributed by atoms with Crippen LogP contribution in [0.1, 0.15) is 12.5 Å². The number of hydrogen-bond acceptors (Lipinski definition) is 4. The van der Waals surface area contributed by atoms with E-state index in [0.29, 0.717) is 24.6 Å². The predicted molar refractivity (Wildman–Crippen MR) is 65.6 cm³/mol. The van der Waals surface area contributed by atoms with Crippen LogP contribution in [-0.4, -0.2) is 33.6 Å². The van der Waals surface area contributed by atoms with Gasteiger partial charge in [0.1, 0.15) is 0 Å². The van der Waals surface area contributed by atoms with Gasteiger partial charge in [-0.3, -0.25) is 0 Å². The number of sulfone groups is 1. The van der Waals surface area contributed by atoms with Crippen LogP contribution in [0.15, 0.2) is 29.2 Å². The quantitative estimate of drug-likeness (QED) is 0.874. The summed E-state index contributed by atoms with van der Waals surface area (Å²) in [5, 5.41) is 3.03. The Hall–Kier alpha value is -0.910. The highest BCUT2D eigenvalue weighted by Gasteiger charge is 2.29. The fourth-order valence-corrected chi connectivity index (χ4v) is 3.24. The summed E-state index contributed by atoms with van der Waals surface area (Å²) in [7, 11) is -3.37. The highest BCUT2D eigenvalue weighted by Crippen LogP contribution is 2.18. The lowest BCUT2D eigenvalue weighted by Crippen LogP contribution is -2.42. The zero-order valence-electron chi connectivity index (χ0n) is 9.85. The van der Waals surface area contributed by atoms with Crippen LogP contribution in [0.5, 0.6) is 0 Å². The molecule has 0 bridgehead atoms. The largest absolute Gasteiger partial charge is 0.359 e. The lowest BCUT2D eigenvalue weighted by molar-refractivity contribution is 0.0785. The minimum Gasteiger partial charge on any atom is -0.359 e. The van der Waals surface area contributed by atoms with Gasteiger partial charge < -0.3 is 10.1 Å². The van der Waals surface area contributed by atoms with Gasteiger partial charge in [-0.1, -0.05) is 19.1 Å². The van der Waals surface area contributed by atoms with Crippen molar-refractivity contribution in [3.05, 3.63) is 29.8 Å². The molecule has 4 nitrogen and oxygen atoms in total. The maximum absolute atomic E-state index is 12.2. The fraction of sp³-hybridized carbons (Fsp3) is 0.500. The van der Waals surface area contributed by atoms with Gasteiger partial charge in [-0.2, -0.15) is 0 Å². The number of morpholine rings is 1. The molecular formula is C12H17NO3S. The number of ether oxygens (including phenoxy) is 1. The van der Waals surface area contributed by atoms with Crippen molar-refractivity contribution in [1.29, 1.82) is 0 Å². The van der Waals surface area contributed by atoms with Gasteiger partial charge in [0.05, 0.1) is 11.5 Å². The molecule has 1 atom stereocenters. The van der Waals surface area contributed by atoms with Crippen molar-refractivity contribution in [3.63, 3.8) is 0 Å². The van der Waals surface area contributed by atoms with E-state index >= 15 is 0 Å². The average Bonchev–Trinajstić information content (AvgIpc) is 2.40. The zero-order chi connectivity index (χ0) is 12.3. The minimum absolute atomic E-state index is 0.336. The molecule has 1 saturated heterocycles. The van der Waals surface area contributed by atoms with E-state index in [1.807, 2.05) is 19.1 Å². The van der Waals surface area contributed by atoms with E-state index in [4.69, 9.17) is 4.74 Å². The molecule has 0 saturated carbocycles. The molecule has 0 aliphatic carbocycles. The smallest absolute Gasteiger partial charge is 0.206 e. The molecule has 1 aliphatic heterocycles. The highest BCUT2D eigenvalue weighted by molar-refractivity contribution is 7.92. The fourth-order valence-electron chi connectivity index (χ4n) is 1.81. The Balaban J connectivity index is 2.23. The van der Waals surface area contributed by atoms with E-state index in [1.165, 1.54) is 0 Å². The standard InChI is InChI=1S/C12H17NO3S/c1-2-10-3-5-11(6-4-10)17(14,15)12-9-13-7-8-16-12/h3-6,12-13H,2,7-9H2,1H3. The van der Waals surface area contributed by atoms with E-state index in [-0.39, 0.29) is 0 Å². The predicted octanol–water partition coefficient (Wildman–Crippen LogP) is 0.969. The summed E-state index contributed by atoms with van der Waals surface area (Å²) in [5.74, 6) is 0. The van der Waals surface area contributed by atoms with E-state index < -0.39 is 15.3 Å². The first-order valence-corrected chi connectivity index (χ1v) is 7.34. The molecule has 1 unspecified atom stereocenters. The van der Waals surface area contributed by atoms with Crippen molar-refractivity contribution in [1.82, 2.24) is 5.32 Å². The molecule has 0 amide bonds. The third kappa shape index (κ3) is 2.68. The van der Waals surface area contributed by atoms with E-state index in [0.717, 1.165) is 12.0 Å². The van der Waals surface area contributed by atoms with Crippen molar-refractivity contribution in [2.24, 2.45) is 0 Å². The summed E-state index contributed by atoms with van der Waals surface area (Å²) in [4.78, 5) is 0.336. The van der Waals surface area contributed by atoms with Crippen LogP contribution < -0.4 is 5.32 Å². The second-order valence-corrected chi connectivity index (χ2v) is 6.13. The van der Waals surface area contributed by atoms with Crippen LogP contribution in [0.2, 0.25) is 0 Å². The van der Waals surface area contributed by atoms with Crippen molar-refractivity contribution < 1.29 is 13.2 Å². The average molecular weight is 255 g/mol. The first kappa shape index (κ1) is 12.5. The Morgan fingerprint density at radius 2 is 2.06 bits per heavy atom. The second-order valence-electron chi connectivity index (χ2n) is 4.05. The van der Waals surface area contributed by atoms with Gasteiger partial charge in [-0.25, -0.2) is 8.42 Å². The van der Waals surface area contributed by atoms with Gasteiger partial charge in [0.15, 0.2) is 5.44 Å². The molecular weight excluding hydrogens is 238 g/mol. The molecule has 5 heteroatoms. The molecule has 1 heterocycles. The Morgan fingerprint density at radius 3 is 2.59 bits per heavy atom. The molecule has 1 aromatic carbocycles. The molecule has 1 aliphatic rings. The number of hydrogen-bond donors (Lipinski definition) is 1. The van der Waals surface area contributed by atoms with Crippen molar-refractivity contribution in [2.75, 3.05) is 19.7 Å². The van der Waals surface area contributed by atoms with E-state index in [9.17, 15) is 8.42 Å². The van der Waals surface area contributed by atoms with Crippen LogP contribution in [0.25, 0.3) is 0 Å². The third-order valence-corrected chi connectivity index (χ3v) is 4.82. The van der Waals surface area contributed by atoms with Gasteiger partial charge in [-0.05, 0) is 24.1 Å². The summed E-state index contributed by atoms with van der Waals surface area (Å²) in [6, 6.07) is 7.02. The molecule has 2 rings (SSSR count). The first-order chi connectivity index (χ1) is 8.14. The van der Waals surface area contributed by atoms with Crippen LogP contribution in [0, 0.1) is 0 Å². The van der Waals surface area contributed by atoms with E-state index in [1.54, 1.807) is 12.1 Å². The summed E-state index contributed by atoms with van der Waals surface area (Å²) >= 11 is 0. The summed E-state index contributed by atoms with van der Waals surface area (Å²) < 4.78 is 29.7. The molecule has 94 valence electrons. The van der Waals surface area contributed by atoms with Gasteiger partial charge >= 0.3 is 0 Å². The molecule has 1 fully saturated rings. The third-order valence-electron chi connectivity index (χ3n) is 2.90. The maximum Gasteiger partial charge on any atom is 0.206 e. The molecule has 0 spiro atoms. The zero-order valence-corrected chi connectivity index (χ0v) is 10.7. The summed E-state index contributed by atoms with van der Waals surface area (Å²) in [6.07, 6.45) is 0.905. The maximum atomic E-state index is 12.2. The van der Waals surface area contributed by atoms with Gasteiger partial charge in [0.25, 0.3) is 0 Å². The Morgan fingerprint density at radius 1 is 1.35 bits per heavy atom. The lowest BCUT2D eigenvalue weighted by Gasteiger charge is -2.23. The van der Waals surface area contributed by atoms with E-state index in [2.05, 4.69) is 5.32 Å². The first-order valence-electron chi connectivity index (χ1n) is 5.79. The Bertz CT molecular complexity index is 461. The van der Waals surface area contributed by atoms with Crippen LogP contribution in [-0.2, 0) is 21.0 Å². The highest BCUT2D eigenvalue weighted by atomic mass is 32.2. The molecule has 0 aromatic heterocycles. The van der Waals surface area contributed by atoms with Gasteiger partial charge in [0.2, 0.25) is 9.84 Å². The van der Waals surface area contributed by atoms with Crippen LogP contribution >= 0.6 is 0 Å². The van der Waals surface area contributed by atoms with Gasteiger partial charge in [0, 0.05) is 13.1 Å². The van der Waals surface area contributed by atoms with Crippen LogP contribution in [0.3, 0.4) is 0 Å². The molecule has 17 heavy (non-hydrogen) atoms.